The lowest BCUT2D eigenvalue weighted by Gasteiger charge is -2.13. The summed E-state index contributed by atoms with van der Waals surface area (Å²) in [5.74, 6) is -2.99. The van der Waals surface area contributed by atoms with E-state index >= 15 is 0 Å². The molecule has 2 aromatic heterocycles. The van der Waals surface area contributed by atoms with Crippen LogP contribution in [0, 0.1) is 11.6 Å². The average Bonchev–Trinajstić information content (AvgIpc) is 3.38. The summed E-state index contributed by atoms with van der Waals surface area (Å²) in [5.41, 5.74) is 2.86. The first-order valence-corrected chi connectivity index (χ1v) is 12.8. The Morgan fingerprint density at radius 2 is 1.88 bits per heavy atom. The molecule has 12 heteroatoms. The molecule has 1 amide bonds. The van der Waals surface area contributed by atoms with Gasteiger partial charge in [-0.25, -0.2) is 14.4 Å². The number of carboxylic acid groups (broad SMARTS) is 1. The maximum absolute atomic E-state index is 14.8. The molecule has 0 atom stereocenters. The van der Waals surface area contributed by atoms with Crippen molar-refractivity contribution in [2.24, 2.45) is 0 Å². The highest BCUT2D eigenvalue weighted by Gasteiger charge is 2.19. The number of ether oxygens (including phenoxy) is 1. The third-order valence-electron chi connectivity index (χ3n) is 6.31. The van der Waals surface area contributed by atoms with E-state index in [4.69, 9.17) is 9.84 Å². The number of nitrogens with one attached hydrogen (secondary N) is 3. The summed E-state index contributed by atoms with van der Waals surface area (Å²) in [6.45, 7) is 2.91. The molecule has 4 N–H and O–H groups in total. The second kappa shape index (κ2) is 13.0. The van der Waals surface area contributed by atoms with Crippen molar-refractivity contribution in [1.29, 1.82) is 0 Å². The van der Waals surface area contributed by atoms with Gasteiger partial charge in [0.15, 0.2) is 23.0 Å². The number of nitrogens with zero attached hydrogens (tertiary/aromatic N) is 3. The predicted molar refractivity (Wildman–Crippen MR) is 146 cm³/mol. The number of methoxy groups -OCH3 is 1. The summed E-state index contributed by atoms with van der Waals surface area (Å²) in [6.07, 6.45) is 6.65. The Bertz CT molecular complexity index is 1520. The van der Waals surface area contributed by atoms with E-state index in [-0.39, 0.29) is 23.8 Å². The standard InChI is InChI=1S/C28H30F2N6O4/c1-3-17-14-18(6-7-19(17)28(39)33-11-5-4-10-31-16-23(37)38)35-26-27-34-15-21(36(27)13-12-32-26)20-8-9-22(40-2)25(30)24(20)29/h6-9,12-15,31H,3-5,10-11,16H2,1-2H3,(H,32,35)(H,33,39)(H,37,38). The number of aromatic nitrogens is 3. The Labute approximate surface area is 229 Å². The molecule has 40 heavy (non-hydrogen) atoms. The third-order valence-corrected chi connectivity index (χ3v) is 6.31. The van der Waals surface area contributed by atoms with Crippen LogP contribution < -0.4 is 20.7 Å². The minimum Gasteiger partial charge on any atom is -0.494 e. The van der Waals surface area contributed by atoms with Gasteiger partial charge in [-0.2, -0.15) is 4.39 Å². The largest absolute Gasteiger partial charge is 0.494 e. The molecule has 0 aliphatic rings. The lowest BCUT2D eigenvalue weighted by molar-refractivity contribution is -0.135. The Morgan fingerprint density at radius 1 is 1.07 bits per heavy atom. The number of halogens is 2. The number of rotatable bonds is 13. The van der Waals surface area contributed by atoms with Crippen LogP contribution in [0.2, 0.25) is 0 Å². The van der Waals surface area contributed by atoms with Gasteiger partial charge in [0.25, 0.3) is 5.91 Å². The van der Waals surface area contributed by atoms with Crippen molar-refractivity contribution in [3.63, 3.8) is 0 Å². The van der Waals surface area contributed by atoms with Crippen LogP contribution in [-0.2, 0) is 11.2 Å². The molecular formula is C28H30F2N6O4. The van der Waals surface area contributed by atoms with Crippen molar-refractivity contribution in [2.75, 3.05) is 32.1 Å². The maximum atomic E-state index is 14.8. The van der Waals surface area contributed by atoms with Gasteiger partial charge < -0.3 is 25.8 Å². The zero-order valence-corrected chi connectivity index (χ0v) is 22.1. The Balaban J connectivity index is 1.47. The smallest absolute Gasteiger partial charge is 0.317 e. The normalized spacial score (nSPS) is 11.0. The number of carboxylic acids is 1. The number of fused-ring (bicyclic) bond motifs is 1. The summed E-state index contributed by atoms with van der Waals surface area (Å²) >= 11 is 0. The van der Waals surface area contributed by atoms with Gasteiger partial charge in [0, 0.05) is 35.8 Å². The van der Waals surface area contributed by atoms with Gasteiger partial charge in [-0.3, -0.25) is 14.0 Å². The summed E-state index contributed by atoms with van der Waals surface area (Å²) in [7, 11) is 1.27. The number of hydrogen-bond acceptors (Lipinski definition) is 7. The van der Waals surface area contributed by atoms with Crippen LogP contribution in [0.4, 0.5) is 20.3 Å². The average molecular weight is 553 g/mol. The van der Waals surface area contributed by atoms with E-state index in [9.17, 15) is 18.4 Å². The topological polar surface area (TPSA) is 130 Å². The lowest BCUT2D eigenvalue weighted by atomic mass is 10.0. The van der Waals surface area contributed by atoms with Crippen LogP contribution in [0.5, 0.6) is 5.75 Å². The lowest BCUT2D eigenvalue weighted by Crippen LogP contribution is -2.27. The number of benzene rings is 2. The Hall–Kier alpha value is -4.58. The van der Waals surface area contributed by atoms with E-state index in [2.05, 4.69) is 25.9 Å². The maximum Gasteiger partial charge on any atom is 0.317 e. The van der Waals surface area contributed by atoms with Crippen LogP contribution in [0.1, 0.15) is 35.7 Å². The van der Waals surface area contributed by atoms with Crippen LogP contribution in [0.15, 0.2) is 48.9 Å². The quantitative estimate of drug-likeness (QED) is 0.182. The molecule has 4 aromatic rings. The van der Waals surface area contributed by atoms with Gasteiger partial charge in [-0.15, -0.1) is 0 Å². The zero-order valence-electron chi connectivity index (χ0n) is 22.1. The van der Waals surface area contributed by atoms with Gasteiger partial charge in [0.2, 0.25) is 5.82 Å². The minimum atomic E-state index is -1.08. The third kappa shape index (κ3) is 6.34. The molecule has 0 aliphatic heterocycles. The molecule has 2 aromatic carbocycles. The fraction of sp³-hybridized carbons (Fsp3) is 0.286. The summed E-state index contributed by atoms with van der Waals surface area (Å²) in [4.78, 5) is 32.0. The molecule has 0 radical (unpaired) electrons. The fourth-order valence-corrected chi connectivity index (χ4v) is 4.28. The molecule has 0 fully saturated rings. The molecule has 0 saturated heterocycles. The van der Waals surface area contributed by atoms with Crippen LogP contribution in [0.25, 0.3) is 16.9 Å². The van der Waals surface area contributed by atoms with Gasteiger partial charge in [0.1, 0.15) is 0 Å². The molecular weight excluding hydrogens is 522 g/mol. The number of amides is 1. The van der Waals surface area contributed by atoms with E-state index in [1.165, 1.54) is 31.6 Å². The molecule has 0 bridgehead atoms. The van der Waals surface area contributed by atoms with Crippen LogP contribution >= 0.6 is 0 Å². The summed E-state index contributed by atoms with van der Waals surface area (Å²) < 4.78 is 35.6. The van der Waals surface area contributed by atoms with Gasteiger partial charge in [0.05, 0.1) is 25.5 Å². The van der Waals surface area contributed by atoms with Gasteiger partial charge in [-0.05, 0) is 61.7 Å². The van der Waals surface area contributed by atoms with Gasteiger partial charge >= 0.3 is 5.97 Å². The van der Waals surface area contributed by atoms with E-state index in [0.29, 0.717) is 54.3 Å². The number of carbonyl (C=O) groups excluding carboxylic acids is 1. The summed E-state index contributed by atoms with van der Waals surface area (Å²) in [6, 6.07) is 8.15. The first-order valence-electron chi connectivity index (χ1n) is 12.8. The first-order chi connectivity index (χ1) is 19.3. The second-order valence-electron chi connectivity index (χ2n) is 8.94. The minimum absolute atomic E-state index is 0.0307. The number of carbonyl (C=O) groups is 2. The molecule has 210 valence electrons. The number of aryl methyl sites for hydroxylation is 1. The molecule has 0 aliphatic carbocycles. The van der Waals surface area contributed by atoms with E-state index in [1.54, 1.807) is 22.7 Å². The monoisotopic (exact) mass is 552 g/mol. The highest BCUT2D eigenvalue weighted by atomic mass is 19.2. The number of aliphatic carboxylic acids is 1. The molecule has 2 heterocycles. The molecule has 0 spiro atoms. The number of unbranched alkanes of at least 4 members (excludes halogenated alkanes) is 1. The number of imidazole rings is 1. The van der Waals surface area contributed by atoms with Crippen LogP contribution in [0.3, 0.4) is 0 Å². The Kier molecular flexibility index (Phi) is 9.23. The van der Waals surface area contributed by atoms with Crippen molar-refractivity contribution < 1.29 is 28.2 Å². The van der Waals surface area contributed by atoms with Gasteiger partial charge in [-0.1, -0.05) is 6.92 Å². The Morgan fingerprint density at radius 3 is 2.62 bits per heavy atom. The fourth-order valence-electron chi connectivity index (χ4n) is 4.28. The van der Waals surface area contributed by atoms with Crippen molar-refractivity contribution in [1.82, 2.24) is 25.0 Å². The van der Waals surface area contributed by atoms with Crippen LogP contribution in [-0.4, -0.2) is 58.1 Å². The second-order valence-corrected chi connectivity index (χ2v) is 8.94. The molecule has 4 rings (SSSR count). The van der Waals surface area contributed by atoms with E-state index in [0.717, 1.165) is 12.0 Å². The van der Waals surface area contributed by atoms with Crippen molar-refractivity contribution in [3.8, 4) is 17.0 Å². The number of anilines is 2. The molecule has 0 unspecified atom stereocenters. The SMILES string of the molecule is CCc1cc(Nc2nccn3c(-c4ccc(OC)c(F)c4F)cnc23)ccc1C(=O)NCCCCNCC(=O)O. The van der Waals surface area contributed by atoms with Crippen molar-refractivity contribution >= 4 is 29.0 Å². The molecule has 0 saturated carbocycles. The predicted octanol–water partition coefficient (Wildman–Crippen LogP) is 4.17. The summed E-state index contributed by atoms with van der Waals surface area (Å²) in [5, 5.41) is 17.6. The highest BCUT2D eigenvalue weighted by Crippen LogP contribution is 2.31. The highest BCUT2D eigenvalue weighted by molar-refractivity contribution is 5.96. The van der Waals surface area contributed by atoms with E-state index in [1.807, 2.05) is 13.0 Å². The van der Waals surface area contributed by atoms with Crippen molar-refractivity contribution in [2.45, 2.75) is 26.2 Å². The molecule has 10 nitrogen and oxygen atoms in total. The first kappa shape index (κ1) is 28.4. The zero-order chi connectivity index (χ0) is 28.6. The van der Waals surface area contributed by atoms with E-state index < -0.39 is 17.6 Å². The number of hydrogen-bond donors (Lipinski definition) is 4. The van der Waals surface area contributed by atoms with Crippen molar-refractivity contribution in [3.05, 3.63) is 71.7 Å².